The average molecular weight is 473 g/mol. The second kappa shape index (κ2) is 8.82. The summed E-state index contributed by atoms with van der Waals surface area (Å²) in [6.45, 7) is -0.230. The van der Waals surface area contributed by atoms with Crippen molar-refractivity contribution >= 4 is 57.7 Å². The summed E-state index contributed by atoms with van der Waals surface area (Å²) in [6, 6.07) is 11.4. The lowest BCUT2D eigenvalue weighted by molar-refractivity contribution is -0.139. The average Bonchev–Trinajstić information content (AvgIpc) is 2.61. The number of rotatable bonds is 5. The Morgan fingerprint density at radius 1 is 1.12 bits per heavy atom. The van der Waals surface area contributed by atoms with Crippen LogP contribution in [-0.2, 0) is 9.53 Å². The smallest absolute Gasteiger partial charge is 0.325 e. The molecule has 0 saturated carbocycles. The molecule has 8 heteroatoms. The van der Waals surface area contributed by atoms with E-state index in [0.717, 1.165) is 3.57 Å². The number of ether oxygens (including phenoxy) is 1. The zero-order valence-electron chi connectivity index (χ0n) is 13.1. The number of anilines is 1. The largest absolute Gasteiger partial charge is 0.468 e. The number of esters is 1. The number of hydrogen-bond donors (Lipinski definition) is 2. The number of carbonyl (C=O) groups excluding carboxylic acids is 3. The Kier molecular flexibility index (Phi) is 6.77. The normalized spacial score (nSPS) is 10.0. The van der Waals surface area contributed by atoms with Crippen LogP contribution in [-0.4, -0.2) is 31.4 Å². The molecule has 130 valence electrons. The third kappa shape index (κ3) is 5.43. The van der Waals surface area contributed by atoms with Crippen LogP contribution in [0, 0.1) is 3.57 Å². The van der Waals surface area contributed by atoms with Gasteiger partial charge in [-0.05, 0) is 59.0 Å². The number of carbonyl (C=O) groups is 3. The number of methoxy groups -OCH3 is 1. The summed E-state index contributed by atoms with van der Waals surface area (Å²) < 4.78 is 5.22. The predicted molar refractivity (Wildman–Crippen MR) is 103 cm³/mol. The number of hydrogen-bond acceptors (Lipinski definition) is 4. The minimum Gasteiger partial charge on any atom is -0.468 e. The molecule has 0 aliphatic rings. The van der Waals surface area contributed by atoms with Gasteiger partial charge in [0.05, 0.1) is 12.7 Å². The highest BCUT2D eigenvalue weighted by atomic mass is 127. The van der Waals surface area contributed by atoms with Crippen molar-refractivity contribution in [1.82, 2.24) is 5.32 Å². The fourth-order valence-corrected chi connectivity index (χ4v) is 2.69. The van der Waals surface area contributed by atoms with Crippen LogP contribution in [0.2, 0.25) is 5.02 Å². The standard InChI is InChI=1S/C17H14ClIN2O4/c1-25-15(22)9-20-16(23)10-3-2-4-12(7-10)21-17(24)13-8-11(18)5-6-14(13)19/h2-8H,9H2,1H3,(H,20,23)(H,21,24). The highest BCUT2D eigenvalue weighted by molar-refractivity contribution is 14.1. The van der Waals surface area contributed by atoms with E-state index in [-0.39, 0.29) is 12.5 Å². The van der Waals surface area contributed by atoms with Gasteiger partial charge in [0.1, 0.15) is 6.54 Å². The minimum atomic E-state index is -0.548. The summed E-state index contributed by atoms with van der Waals surface area (Å²) in [5.41, 5.74) is 1.20. The Labute approximate surface area is 163 Å². The first kappa shape index (κ1) is 19.2. The van der Waals surface area contributed by atoms with Crippen molar-refractivity contribution in [2.24, 2.45) is 0 Å². The highest BCUT2D eigenvalue weighted by Gasteiger charge is 2.13. The maximum absolute atomic E-state index is 12.4. The van der Waals surface area contributed by atoms with E-state index in [1.54, 1.807) is 36.4 Å². The van der Waals surface area contributed by atoms with E-state index in [0.29, 0.717) is 21.8 Å². The summed E-state index contributed by atoms with van der Waals surface area (Å²) in [5.74, 6) is -1.33. The Balaban J connectivity index is 2.10. The van der Waals surface area contributed by atoms with Gasteiger partial charge >= 0.3 is 5.97 Å². The third-order valence-corrected chi connectivity index (χ3v) is 4.35. The van der Waals surface area contributed by atoms with E-state index < -0.39 is 11.9 Å². The van der Waals surface area contributed by atoms with Crippen LogP contribution in [0.1, 0.15) is 20.7 Å². The topological polar surface area (TPSA) is 84.5 Å². The van der Waals surface area contributed by atoms with Gasteiger partial charge in [-0.1, -0.05) is 17.7 Å². The summed E-state index contributed by atoms with van der Waals surface area (Å²) in [7, 11) is 1.24. The van der Waals surface area contributed by atoms with Crippen molar-refractivity contribution < 1.29 is 19.1 Å². The molecule has 0 spiro atoms. The van der Waals surface area contributed by atoms with Crippen molar-refractivity contribution in [3.8, 4) is 0 Å². The molecule has 2 amide bonds. The molecular formula is C17H14ClIN2O4. The predicted octanol–water partition coefficient (Wildman–Crippen LogP) is 3.10. The molecule has 0 saturated heterocycles. The minimum absolute atomic E-state index is 0.230. The van der Waals surface area contributed by atoms with E-state index in [1.165, 1.54) is 13.2 Å². The van der Waals surface area contributed by atoms with E-state index in [4.69, 9.17) is 11.6 Å². The summed E-state index contributed by atoms with van der Waals surface area (Å²) in [6.07, 6.45) is 0. The molecule has 6 nitrogen and oxygen atoms in total. The third-order valence-electron chi connectivity index (χ3n) is 3.18. The van der Waals surface area contributed by atoms with Crippen molar-refractivity contribution in [1.29, 1.82) is 0 Å². The van der Waals surface area contributed by atoms with Gasteiger partial charge in [-0.25, -0.2) is 0 Å². The Bertz CT molecular complexity index is 826. The zero-order valence-corrected chi connectivity index (χ0v) is 16.1. The Morgan fingerprint density at radius 3 is 2.60 bits per heavy atom. The van der Waals surface area contributed by atoms with Crippen LogP contribution in [0.4, 0.5) is 5.69 Å². The van der Waals surface area contributed by atoms with E-state index in [1.807, 2.05) is 22.6 Å². The highest BCUT2D eigenvalue weighted by Crippen LogP contribution is 2.20. The fraction of sp³-hybridized carbons (Fsp3) is 0.118. The van der Waals surface area contributed by atoms with Gasteiger partial charge in [0.15, 0.2) is 0 Å². The molecule has 0 aliphatic carbocycles. The first-order valence-electron chi connectivity index (χ1n) is 7.12. The van der Waals surface area contributed by atoms with Crippen LogP contribution in [0.5, 0.6) is 0 Å². The first-order valence-corrected chi connectivity index (χ1v) is 8.58. The summed E-state index contributed by atoms with van der Waals surface area (Å²) >= 11 is 7.97. The Hall–Kier alpha value is -2.13. The number of benzene rings is 2. The molecule has 0 heterocycles. The van der Waals surface area contributed by atoms with E-state index >= 15 is 0 Å². The van der Waals surface area contributed by atoms with Gasteiger partial charge in [-0.15, -0.1) is 0 Å². The number of halogens is 2. The molecule has 0 aromatic heterocycles. The van der Waals surface area contributed by atoms with Crippen LogP contribution in [0.25, 0.3) is 0 Å². The molecule has 0 unspecified atom stereocenters. The van der Waals surface area contributed by atoms with Gasteiger partial charge in [0.2, 0.25) is 0 Å². The molecule has 0 radical (unpaired) electrons. The molecule has 0 atom stereocenters. The number of amides is 2. The van der Waals surface area contributed by atoms with Crippen molar-refractivity contribution in [2.45, 2.75) is 0 Å². The van der Waals surface area contributed by atoms with Gasteiger partial charge < -0.3 is 15.4 Å². The second-order valence-electron chi connectivity index (χ2n) is 4.92. The molecule has 0 bridgehead atoms. The van der Waals surface area contributed by atoms with E-state index in [9.17, 15) is 14.4 Å². The maximum Gasteiger partial charge on any atom is 0.325 e. The molecular weight excluding hydrogens is 459 g/mol. The quantitative estimate of drug-likeness (QED) is 0.517. The lowest BCUT2D eigenvalue weighted by Crippen LogP contribution is -2.30. The second-order valence-corrected chi connectivity index (χ2v) is 6.52. The van der Waals surface area contributed by atoms with Gasteiger partial charge in [0, 0.05) is 19.8 Å². The molecule has 2 aromatic rings. The van der Waals surface area contributed by atoms with E-state index in [2.05, 4.69) is 15.4 Å². The maximum atomic E-state index is 12.4. The van der Waals surface area contributed by atoms with Crippen LogP contribution < -0.4 is 10.6 Å². The SMILES string of the molecule is COC(=O)CNC(=O)c1cccc(NC(=O)c2cc(Cl)ccc2I)c1. The summed E-state index contributed by atoms with van der Waals surface area (Å²) in [4.78, 5) is 35.5. The van der Waals surface area contributed by atoms with Gasteiger partial charge in [-0.3, -0.25) is 14.4 Å². The molecule has 2 N–H and O–H groups in total. The van der Waals surface area contributed by atoms with Crippen LogP contribution in [0.3, 0.4) is 0 Å². The van der Waals surface area contributed by atoms with Gasteiger partial charge in [-0.2, -0.15) is 0 Å². The van der Waals surface area contributed by atoms with Crippen molar-refractivity contribution in [3.63, 3.8) is 0 Å². The lowest BCUT2D eigenvalue weighted by Gasteiger charge is -2.09. The van der Waals surface area contributed by atoms with Crippen LogP contribution in [0.15, 0.2) is 42.5 Å². The monoisotopic (exact) mass is 472 g/mol. The Morgan fingerprint density at radius 2 is 1.88 bits per heavy atom. The molecule has 0 fully saturated rings. The molecule has 2 rings (SSSR count). The molecule has 25 heavy (non-hydrogen) atoms. The zero-order chi connectivity index (χ0) is 18.4. The van der Waals surface area contributed by atoms with Crippen molar-refractivity contribution in [2.75, 3.05) is 19.0 Å². The van der Waals surface area contributed by atoms with Crippen LogP contribution >= 0.6 is 34.2 Å². The molecule has 2 aromatic carbocycles. The lowest BCUT2D eigenvalue weighted by atomic mass is 10.1. The van der Waals surface area contributed by atoms with Crippen molar-refractivity contribution in [3.05, 3.63) is 62.2 Å². The summed E-state index contributed by atoms with van der Waals surface area (Å²) in [5, 5.41) is 5.62. The molecule has 0 aliphatic heterocycles. The first-order chi connectivity index (χ1) is 11.9. The number of nitrogens with one attached hydrogen (secondary N) is 2. The van der Waals surface area contributed by atoms with Gasteiger partial charge in [0.25, 0.3) is 11.8 Å². The fourth-order valence-electron chi connectivity index (χ4n) is 1.93.